The van der Waals surface area contributed by atoms with Gasteiger partial charge in [-0.15, -0.1) is 0 Å². The molecule has 1 N–H and O–H groups in total. The van der Waals surface area contributed by atoms with E-state index in [1.54, 1.807) is 0 Å². The third-order valence-electron chi connectivity index (χ3n) is 2.82. The SMILES string of the molecule is CNC(c1ccc2c(c1)CCO2)N(C)C. The fraction of sp³-hybridized carbons (Fsp3) is 0.500. The van der Waals surface area contributed by atoms with Crippen molar-refractivity contribution in [1.29, 1.82) is 0 Å². The van der Waals surface area contributed by atoms with Crippen molar-refractivity contribution in [2.75, 3.05) is 27.7 Å². The largest absolute Gasteiger partial charge is 0.493 e. The summed E-state index contributed by atoms with van der Waals surface area (Å²) in [6, 6.07) is 6.44. The molecule has 15 heavy (non-hydrogen) atoms. The van der Waals surface area contributed by atoms with Gasteiger partial charge in [0.1, 0.15) is 5.75 Å². The van der Waals surface area contributed by atoms with Crippen molar-refractivity contribution in [2.45, 2.75) is 12.6 Å². The minimum atomic E-state index is 0.274. The molecule has 2 rings (SSSR count). The van der Waals surface area contributed by atoms with Crippen LogP contribution in [0.4, 0.5) is 0 Å². The molecular formula is C12H18N2O. The Morgan fingerprint density at radius 2 is 2.20 bits per heavy atom. The lowest BCUT2D eigenvalue weighted by Gasteiger charge is -2.24. The van der Waals surface area contributed by atoms with Gasteiger partial charge in [0.05, 0.1) is 12.8 Å². The van der Waals surface area contributed by atoms with Gasteiger partial charge in [-0.05, 0) is 44.4 Å². The van der Waals surface area contributed by atoms with Crippen molar-refractivity contribution >= 4 is 0 Å². The van der Waals surface area contributed by atoms with Crippen LogP contribution in [-0.2, 0) is 6.42 Å². The molecule has 3 heteroatoms. The van der Waals surface area contributed by atoms with Gasteiger partial charge in [0.15, 0.2) is 0 Å². The van der Waals surface area contributed by atoms with Gasteiger partial charge in [-0.2, -0.15) is 0 Å². The molecule has 1 atom stereocenters. The predicted molar refractivity (Wildman–Crippen MR) is 61.1 cm³/mol. The molecule has 3 nitrogen and oxygen atoms in total. The van der Waals surface area contributed by atoms with E-state index >= 15 is 0 Å². The molecule has 0 radical (unpaired) electrons. The monoisotopic (exact) mass is 206 g/mol. The second kappa shape index (κ2) is 4.21. The van der Waals surface area contributed by atoms with Gasteiger partial charge in [0.25, 0.3) is 0 Å². The Bertz CT molecular complexity index is 349. The standard InChI is InChI=1S/C12H18N2O/c1-13-12(14(2)3)10-4-5-11-9(8-10)6-7-15-11/h4-5,8,12-13H,6-7H2,1-3H3. The summed E-state index contributed by atoms with van der Waals surface area (Å²) in [5.41, 5.74) is 2.63. The second-order valence-electron chi connectivity index (χ2n) is 4.12. The van der Waals surface area contributed by atoms with Gasteiger partial charge in [-0.3, -0.25) is 4.90 Å². The topological polar surface area (TPSA) is 24.5 Å². The first kappa shape index (κ1) is 10.5. The van der Waals surface area contributed by atoms with E-state index in [0.717, 1.165) is 18.8 Å². The fourth-order valence-electron chi connectivity index (χ4n) is 2.10. The molecule has 0 saturated heterocycles. The maximum absolute atomic E-state index is 5.49. The van der Waals surface area contributed by atoms with E-state index in [9.17, 15) is 0 Å². The zero-order chi connectivity index (χ0) is 10.8. The van der Waals surface area contributed by atoms with E-state index in [0.29, 0.717) is 0 Å². The van der Waals surface area contributed by atoms with Gasteiger partial charge in [0, 0.05) is 6.42 Å². The molecule has 0 fully saturated rings. The van der Waals surface area contributed by atoms with Crippen LogP contribution in [-0.4, -0.2) is 32.6 Å². The van der Waals surface area contributed by atoms with Crippen LogP contribution >= 0.6 is 0 Å². The quantitative estimate of drug-likeness (QED) is 0.757. The van der Waals surface area contributed by atoms with Crippen LogP contribution < -0.4 is 10.1 Å². The van der Waals surface area contributed by atoms with Crippen molar-refractivity contribution in [3.63, 3.8) is 0 Å². The lowest BCUT2D eigenvalue weighted by atomic mass is 10.1. The summed E-state index contributed by atoms with van der Waals surface area (Å²) < 4.78 is 5.49. The Hall–Kier alpha value is -1.06. The minimum absolute atomic E-state index is 0.274. The molecule has 0 aromatic heterocycles. The van der Waals surface area contributed by atoms with Crippen molar-refractivity contribution in [2.24, 2.45) is 0 Å². The average Bonchev–Trinajstić information content (AvgIpc) is 2.65. The lowest BCUT2D eigenvalue weighted by Crippen LogP contribution is -2.30. The van der Waals surface area contributed by atoms with Crippen LogP contribution in [0, 0.1) is 0 Å². The lowest BCUT2D eigenvalue weighted by molar-refractivity contribution is 0.264. The molecule has 0 bridgehead atoms. The van der Waals surface area contributed by atoms with Gasteiger partial charge >= 0.3 is 0 Å². The molecule has 82 valence electrons. The van der Waals surface area contributed by atoms with Crippen LogP contribution in [0.5, 0.6) is 5.75 Å². The summed E-state index contributed by atoms with van der Waals surface area (Å²) in [6.07, 6.45) is 1.31. The third-order valence-corrected chi connectivity index (χ3v) is 2.82. The zero-order valence-corrected chi connectivity index (χ0v) is 9.58. The van der Waals surface area contributed by atoms with Crippen LogP contribution in [0.25, 0.3) is 0 Å². The molecule has 0 aliphatic carbocycles. The minimum Gasteiger partial charge on any atom is -0.493 e. The Balaban J connectivity index is 2.28. The molecule has 1 aromatic carbocycles. The summed E-state index contributed by atoms with van der Waals surface area (Å²) in [4.78, 5) is 2.16. The van der Waals surface area contributed by atoms with Crippen molar-refractivity contribution in [3.8, 4) is 5.75 Å². The molecule has 1 heterocycles. The first-order valence-electron chi connectivity index (χ1n) is 5.31. The van der Waals surface area contributed by atoms with Crippen LogP contribution in [0.1, 0.15) is 17.3 Å². The van der Waals surface area contributed by atoms with Crippen LogP contribution in [0.15, 0.2) is 18.2 Å². The van der Waals surface area contributed by atoms with Gasteiger partial charge in [0.2, 0.25) is 0 Å². The van der Waals surface area contributed by atoms with E-state index in [4.69, 9.17) is 4.74 Å². The molecular weight excluding hydrogens is 188 g/mol. The molecule has 1 aliphatic heterocycles. The summed E-state index contributed by atoms with van der Waals surface area (Å²) >= 11 is 0. The van der Waals surface area contributed by atoms with Gasteiger partial charge < -0.3 is 10.1 Å². The number of hydrogen-bond acceptors (Lipinski definition) is 3. The normalized spacial score (nSPS) is 16.3. The number of nitrogens with zero attached hydrogens (tertiary/aromatic N) is 1. The zero-order valence-electron chi connectivity index (χ0n) is 9.58. The summed E-state index contributed by atoms with van der Waals surface area (Å²) in [5, 5.41) is 3.29. The summed E-state index contributed by atoms with van der Waals surface area (Å²) in [7, 11) is 6.13. The number of benzene rings is 1. The highest BCUT2D eigenvalue weighted by molar-refractivity contribution is 5.40. The van der Waals surface area contributed by atoms with E-state index < -0.39 is 0 Å². The molecule has 0 amide bonds. The Morgan fingerprint density at radius 1 is 1.40 bits per heavy atom. The summed E-state index contributed by atoms with van der Waals surface area (Å²) in [6.45, 7) is 0.824. The second-order valence-corrected chi connectivity index (χ2v) is 4.12. The highest BCUT2D eigenvalue weighted by Gasteiger charge is 2.16. The number of rotatable bonds is 3. The number of nitrogens with one attached hydrogen (secondary N) is 1. The fourth-order valence-corrected chi connectivity index (χ4v) is 2.10. The van der Waals surface area contributed by atoms with Crippen LogP contribution in [0.3, 0.4) is 0 Å². The molecule has 1 unspecified atom stereocenters. The Kier molecular flexibility index (Phi) is 2.93. The molecule has 1 aromatic rings. The van der Waals surface area contributed by atoms with E-state index in [1.807, 2.05) is 7.05 Å². The van der Waals surface area contributed by atoms with Gasteiger partial charge in [-0.25, -0.2) is 0 Å². The first-order chi connectivity index (χ1) is 7.22. The highest BCUT2D eigenvalue weighted by Crippen LogP contribution is 2.28. The molecule has 1 aliphatic rings. The first-order valence-corrected chi connectivity index (χ1v) is 5.31. The maximum atomic E-state index is 5.49. The molecule has 0 saturated carbocycles. The van der Waals surface area contributed by atoms with Crippen molar-refractivity contribution < 1.29 is 4.74 Å². The highest BCUT2D eigenvalue weighted by atomic mass is 16.5. The van der Waals surface area contributed by atoms with Crippen molar-refractivity contribution in [3.05, 3.63) is 29.3 Å². The smallest absolute Gasteiger partial charge is 0.122 e. The predicted octanol–water partition coefficient (Wildman–Crippen LogP) is 1.40. The van der Waals surface area contributed by atoms with Crippen molar-refractivity contribution in [1.82, 2.24) is 10.2 Å². The summed E-state index contributed by atoms with van der Waals surface area (Å²) in [5.74, 6) is 1.05. The Morgan fingerprint density at radius 3 is 2.87 bits per heavy atom. The van der Waals surface area contributed by atoms with E-state index in [2.05, 4.69) is 42.5 Å². The van der Waals surface area contributed by atoms with Crippen LogP contribution in [0.2, 0.25) is 0 Å². The van der Waals surface area contributed by atoms with E-state index in [-0.39, 0.29) is 6.17 Å². The maximum Gasteiger partial charge on any atom is 0.122 e. The average molecular weight is 206 g/mol. The number of fused-ring (bicyclic) bond motifs is 1. The van der Waals surface area contributed by atoms with E-state index in [1.165, 1.54) is 11.1 Å². The number of hydrogen-bond donors (Lipinski definition) is 1. The Labute approximate surface area is 91.0 Å². The third kappa shape index (κ3) is 1.98. The molecule has 0 spiro atoms. The number of ether oxygens (including phenoxy) is 1. The van der Waals surface area contributed by atoms with Gasteiger partial charge in [-0.1, -0.05) is 6.07 Å².